The van der Waals surface area contributed by atoms with Crippen LogP contribution in [0, 0.1) is 0 Å². The van der Waals surface area contributed by atoms with Crippen LogP contribution in [0.4, 0.5) is 0 Å². The van der Waals surface area contributed by atoms with Crippen LogP contribution in [0.2, 0.25) is 0 Å². The number of rotatable bonds is 3. The van der Waals surface area contributed by atoms with Crippen molar-refractivity contribution in [2.24, 2.45) is 5.10 Å². The van der Waals surface area contributed by atoms with Gasteiger partial charge in [-0.25, -0.2) is 4.79 Å². The molecule has 0 fully saturated rings. The van der Waals surface area contributed by atoms with E-state index in [2.05, 4.69) is 18.9 Å². The molecule has 98 valence electrons. The summed E-state index contributed by atoms with van der Waals surface area (Å²) in [5, 5.41) is 14.0. The molecule has 0 aliphatic carbocycles. The zero-order valence-electron chi connectivity index (χ0n) is 11.4. The molecular formula is C13H20N3O2+. The number of fused-ring (bicyclic) bond motifs is 1. The van der Waals surface area contributed by atoms with Crippen molar-refractivity contribution in [1.29, 1.82) is 0 Å². The Bertz CT molecular complexity index is 484. The Labute approximate surface area is 107 Å². The molecule has 2 heterocycles. The lowest BCUT2D eigenvalue weighted by atomic mass is 10.0. The summed E-state index contributed by atoms with van der Waals surface area (Å²) in [5.74, 6) is -0.282. The van der Waals surface area contributed by atoms with E-state index in [0.717, 1.165) is 31.0 Å². The number of aliphatic carboxylic acids is 1. The molecule has 1 N–H and O–H groups in total. The van der Waals surface area contributed by atoms with E-state index in [9.17, 15) is 9.90 Å². The molecule has 0 spiro atoms. The Hall–Kier alpha value is -1.62. The van der Waals surface area contributed by atoms with Gasteiger partial charge in [0.05, 0.1) is 0 Å². The molecule has 2 aliphatic rings. The predicted molar refractivity (Wildman–Crippen MR) is 69.6 cm³/mol. The van der Waals surface area contributed by atoms with E-state index in [4.69, 9.17) is 0 Å². The lowest BCUT2D eigenvalue weighted by molar-refractivity contribution is -0.931. The average molecular weight is 250 g/mol. The molecular weight excluding hydrogens is 230 g/mol. The third-order valence-electron chi connectivity index (χ3n) is 3.83. The molecule has 0 bridgehead atoms. The highest BCUT2D eigenvalue weighted by atomic mass is 16.4. The van der Waals surface area contributed by atoms with Gasteiger partial charge in [-0.15, -0.1) is 0 Å². The predicted octanol–water partition coefficient (Wildman–Crippen LogP) is 1.75. The molecule has 0 aromatic rings. The minimum Gasteiger partial charge on any atom is -0.478 e. The van der Waals surface area contributed by atoms with Crippen molar-refractivity contribution in [1.82, 2.24) is 4.90 Å². The summed E-state index contributed by atoms with van der Waals surface area (Å²) in [6.45, 7) is 10.5. The minimum absolute atomic E-state index is 0.336. The molecule has 0 saturated heterocycles. The van der Waals surface area contributed by atoms with Gasteiger partial charge in [0.15, 0.2) is 6.67 Å². The number of carbonyl (C=O) groups is 1. The van der Waals surface area contributed by atoms with E-state index in [1.165, 1.54) is 0 Å². The van der Waals surface area contributed by atoms with Crippen molar-refractivity contribution in [2.75, 3.05) is 19.8 Å². The van der Waals surface area contributed by atoms with Crippen molar-refractivity contribution in [3.63, 3.8) is 0 Å². The van der Waals surface area contributed by atoms with Gasteiger partial charge < -0.3 is 5.11 Å². The highest BCUT2D eigenvalue weighted by Crippen LogP contribution is 2.30. The number of quaternary nitrogens is 1. The topological polar surface area (TPSA) is 52.9 Å². The molecule has 2 aliphatic heterocycles. The number of nitrogens with zero attached hydrogens (tertiary/aromatic N) is 3. The van der Waals surface area contributed by atoms with Gasteiger partial charge in [0, 0.05) is 5.70 Å². The van der Waals surface area contributed by atoms with Crippen LogP contribution in [-0.4, -0.2) is 46.2 Å². The third kappa shape index (κ3) is 1.75. The minimum atomic E-state index is -0.896. The number of carboxylic acids is 1. The Morgan fingerprint density at radius 3 is 2.56 bits per heavy atom. The van der Waals surface area contributed by atoms with Crippen LogP contribution in [0.3, 0.4) is 0 Å². The Morgan fingerprint density at radius 2 is 2.06 bits per heavy atom. The van der Waals surface area contributed by atoms with Crippen molar-refractivity contribution >= 4 is 11.8 Å². The van der Waals surface area contributed by atoms with Crippen LogP contribution < -0.4 is 0 Å². The average Bonchev–Trinajstić information content (AvgIpc) is 2.69. The third-order valence-corrected chi connectivity index (χ3v) is 3.83. The summed E-state index contributed by atoms with van der Waals surface area (Å²) in [7, 11) is 0. The first kappa shape index (κ1) is 12.8. The molecule has 2 rings (SSSR count). The van der Waals surface area contributed by atoms with Crippen LogP contribution in [0.25, 0.3) is 0 Å². The smallest absolute Gasteiger partial charge is 0.339 e. The molecule has 0 aromatic heterocycles. The molecule has 0 amide bonds. The van der Waals surface area contributed by atoms with E-state index >= 15 is 0 Å². The van der Waals surface area contributed by atoms with Gasteiger partial charge in [0.25, 0.3) is 0 Å². The van der Waals surface area contributed by atoms with Gasteiger partial charge in [0.2, 0.25) is 5.84 Å². The fraction of sp³-hybridized carbons (Fsp3) is 0.538. The van der Waals surface area contributed by atoms with Gasteiger partial charge in [-0.2, -0.15) is 4.59 Å². The molecule has 5 nitrogen and oxygen atoms in total. The van der Waals surface area contributed by atoms with Gasteiger partial charge in [0.1, 0.15) is 18.7 Å². The number of hydrogen-bond acceptors (Lipinski definition) is 3. The van der Waals surface area contributed by atoms with Crippen LogP contribution in [-0.2, 0) is 4.79 Å². The normalized spacial score (nSPS) is 21.7. The summed E-state index contributed by atoms with van der Waals surface area (Å²) >= 11 is 0. The van der Waals surface area contributed by atoms with Gasteiger partial charge in [-0.3, -0.25) is 4.90 Å². The van der Waals surface area contributed by atoms with Gasteiger partial charge in [-0.1, -0.05) is 5.10 Å². The number of amidine groups is 1. The second-order valence-corrected chi connectivity index (χ2v) is 4.87. The second kappa shape index (κ2) is 4.24. The molecule has 0 saturated carbocycles. The quantitative estimate of drug-likeness (QED) is 0.776. The van der Waals surface area contributed by atoms with Crippen molar-refractivity contribution in [3.8, 4) is 0 Å². The van der Waals surface area contributed by atoms with Crippen LogP contribution >= 0.6 is 0 Å². The van der Waals surface area contributed by atoms with Crippen LogP contribution in [0.15, 0.2) is 28.0 Å². The number of carboxylic acid groups (broad SMARTS) is 1. The second-order valence-electron chi connectivity index (χ2n) is 4.87. The summed E-state index contributed by atoms with van der Waals surface area (Å²) < 4.78 is 0.574. The van der Waals surface area contributed by atoms with Crippen LogP contribution in [0.5, 0.6) is 0 Å². The zero-order chi connectivity index (χ0) is 13.5. The largest absolute Gasteiger partial charge is 0.478 e. The molecule has 0 aromatic carbocycles. The molecule has 5 heteroatoms. The molecule has 0 unspecified atom stereocenters. The Balaban J connectivity index is 2.55. The van der Waals surface area contributed by atoms with E-state index in [1.807, 2.05) is 24.8 Å². The SMILES string of the molecule is CC[N+]1(CC)CN2C(C)=CC(C)=C(C(=O)O)C2=N1. The first-order valence-corrected chi connectivity index (χ1v) is 6.31. The van der Waals surface area contributed by atoms with Crippen molar-refractivity contribution in [2.45, 2.75) is 27.7 Å². The van der Waals surface area contributed by atoms with E-state index in [-0.39, 0.29) is 0 Å². The Kier molecular flexibility index (Phi) is 3.02. The maximum absolute atomic E-state index is 11.4. The molecule has 0 atom stereocenters. The molecule has 18 heavy (non-hydrogen) atoms. The number of hydrogen-bond donors (Lipinski definition) is 1. The van der Waals surface area contributed by atoms with E-state index in [1.54, 1.807) is 0 Å². The summed E-state index contributed by atoms with van der Waals surface area (Å²) in [5.41, 5.74) is 2.18. The fourth-order valence-corrected chi connectivity index (χ4v) is 2.55. The lowest BCUT2D eigenvalue weighted by Gasteiger charge is -2.28. The zero-order valence-corrected chi connectivity index (χ0v) is 11.4. The van der Waals surface area contributed by atoms with E-state index in [0.29, 0.717) is 16.0 Å². The van der Waals surface area contributed by atoms with Gasteiger partial charge >= 0.3 is 5.97 Å². The highest BCUT2D eigenvalue weighted by Gasteiger charge is 2.42. The van der Waals surface area contributed by atoms with E-state index < -0.39 is 5.97 Å². The van der Waals surface area contributed by atoms with Crippen molar-refractivity contribution in [3.05, 3.63) is 22.9 Å². The summed E-state index contributed by atoms with van der Waals surface area (Å²) in [6, 6.07) is 0. The maximum atomic E-state index is 11.4. The Morgan fingerprint density at radius 1 is 1.44 bits per heavy atom. The first-order valence-electron chi connectivity index (χ1n) is 6.31. The van der Waals surface area contributed by atoms with Crippen LogP contribution in [0.1, 0.15) is 27.7 Å². The lowest BCUT2D eigenvalue weighted by Crippen LogP contribution is -2.44. The summed E-state index contributed by atoms with van der Waals surface area (Å²) in [4.78, 5) is 13.4. The van der Waals surface area contributed by atoms with Crippen molar-refractivity contribution < 1.29 is 14.5 Å². The fourth-order valence-electron chi connectivity index (χ4n) is 2.55. The number of allylic oxidation sites excluding steroid dienone is 3. The monoisotopic (exact) mass is 250 g/mol. The van der Waals surface area contributed by atoms with Gasteiger partial charge in [-0.05, 0) is 39.3 Å². The molecule has 0 radical (unpaired) electrons. The maximum Gasteiger partial charge on any atom is 0.339 e. The summed E-state index contributed by atoms with van der Waals surface area (Å²) in [6.07, 6.45) is 1.92. The highest BCUT2D eigenvalue weighted by molar-refractivity contribution is 6.20. The standard InChI is InChI=1S/C13H19N3O2/c1-5-16(6-2)8-15-10(4)7-9(3)11(13(17)18)12(15)14-16/h7H,5-6,8H2,1-4H3/p+1. The first-order chi connectivity index (χ1) is 8.44.